The molecule has 12 heavy (non-hydrogen) atoms. The third kappa shape index (κ3) is 6.29. The van der Waals surface area contributed by atoms with Gasteiger partial charge in [0.05, 0.1) is 0 Å². The average Bonchev–Trinajstić information content (AvgIpc) is 1.83. The largest absolute Gasteiger partial charge is 0.388 e. The molecule has 0 aliphatic heterocycles. The predicted molar refractivity (Wildman–Crippen MR) is 46.4 cm³/mol. The lowest BCUT2D eigenvalue weighted by Crippen LogP contribution is -2.25. The molecule has 0 aromatic rings. The van der Waals surface area contributed by atoms with Gasteiger partial charge < -0.3 is 0 Å². The Morgan fingerprint density at radius 1 is 1.25 bits per heavy atom. The van der Waals surface area contributed by atoms with Gasteiger partial charge in [-0.1, -0.05) is 13.1 Å². The molecular weight excluding hydrogens is 181 g/mol. The Morgan fingerprint density at radius 3 is 2.08 bits per heavy atom. The zero-order chi connectivity index (χ0) is 9.83. The predicted octanol–water partition coefficient (Wildman–Crippen LogP) is 3.21. The van der Waals surface area contributed by atoms with Crippen molar-refractivity contribution in [1.29, 1.82) is 0 Å². The van der Waals surface area contributed by atoms with Crippen LogP contribution in [0.25, 0.3) is 0 Å². The Morgan fingerprint density at radius 2 is 1.75 bits per heavy atom. The lowest BCUT2D eigenvalue weighted by Gasteiger charge is -2.15. The van der Waals surface area contributed by atoms with E-state index in [1.54, 1.807) is 6.92 Å². The van der Waals surface area contributed by atoms with E-state index in [1.165, 1.54) is 0 Å². The van der Waals surface area contributed by atoms with Gasteiger partial charge in [0, 0.05) is 6.42 Å². The van der Waals surface area contributed by atoms with E-state index >= 15 is 0 Å². The molecule has 0 atom stereocenters. The number of hydrogen-bond acceptors (Lipinski definition) is 0. The molecule has 0 aromatic carbocycles. The monoisotopic (exact) mass is 194 g/mol. The van der Waals surface area contributed by atoms with Crippen LogP contribution >= 0.6 is 0 Å². The summed E-state index contributed by atoms with van der Waals surface area (Å²) in [6.07, 6.45) is -4.72. The maximum atomic E-state index is 11.8. The van der Waals surface area contributed by atoms with Crippen molar-refractivity contribution in [2.24, 2.45) is 0 Å². The van der Waals surface area contributed by atoms with Crippen LogP contribution in [-0.2, 0) is 0 Å². The number of halogens is 3. The minimum Gasteiger partial charge on any atom is -0.171 e. The van der Waals surface area contributed by atoms with Gasteiger partial charge in [0.2, 0.25) is 0 Å². The Kier molecular flexibility index (Phi) is 3.85. The van der Waals surface area contributed by atoms with Gasteiger partial charge in [0.1, 0.15) is 8.07 Å². The second-order valence-corrected chi connectivity index (χ2v) is 7.89. The first kappa shape index (κ1) is 11.6. The molecule has 0 unspecified atom stereocenters. The fourth-order valence-corrected chi connectivity index (χ4v) is 2.57. The van der Waals surface area contributed by atoms with E-state index in [4.69, 9.17) is 0 Å². The zero-order valence-electron chi connectivity index (χ0n) is 7.55. The highest BCUT2D eigenvalue weighted by molar-refractivity contribution is 6.85. The molecule has 0 aliphatic rings. The molecule has 0 fully saturated rings. The first-order valence-electron chi connectivity index (χ1n) is 3.77. The Balaban J connectivity index is 3.98. The normalized spacial score (nSPS) is 12.2. The molecule has 0 nitrogen and oxygen atoms in total. The van der Waals surface area contributed by atoms with E-state index in [0.29, 0.717) is 0 Å². The van der Waals surface area contributed by atoms with Crippen molar-refractivity contribution in [3.05, 3.63) is 0 Å². The van der Waals surface area contributed by atoms with Crippen molar-refractivity contribution in [2.75, 3.05) is 0 Å². The molecule has 0 amide bonds. The lowest BCUT2D eigenvalue weighted by molar-refractivity contribution is -0.130. The summed E-state index contributed by atoms with van der Waals surface area (Å²) in [4.78, 5) is 0. The molecule has 70 valence electrons. The fourth-order valence-electron chi connectivity index (χ4n) is 0.855. The Hall–Kier alpha value is -0.433. The van der Waals surface area contributed by atoms with Gasteiger partial charge in [-0.3, -0.25) is 0 Å². The summed E-state index contributed by atoms with van der Waals surface area (Å²) in [7, 11) is -1.89. The molecule has 0 bridgehead atoms. The molecule has 0 radical (unpaired) electrons. The smallest absolute Gasteiger partial charge is 0.171 e. The lowest BCUT2D eigenvalue weighted by atomic mass is 10.5. The molecule has 0 N–H and O–H groups in total. The summed E-state index contributed by atoms with van der Waals surface area (Å²) in [6.45, 7) is 5.38. The molecule has 0 saturated carbocycles. The average molecular weight is 194 g/mol. The van der Waals surface area contributed by atoms with Crippen molar-refractivity contribution in [1.82, 2.24) is 0 Å². The Labute approximate surface area is 72.2 Å². The summed E-state index contributed by atoms with van der Waals surface area (Å²) in [5, 5.41) is 0. The summed E-state index contributed by atoms with van der Waals surface area (Å²) in [6, 6.07) is 0.206. The SMILES string of the molecule is CC#C[Si](C)(C)CCC(F)(F)F. The third-order valence-electron chi connectivity index (χ3n) is 1.50. The topological polar surface area (TPSA) is 0 Å². The van der Waals surface area contributed by atoms with Crippen LogP contribution in [0.2, 0.25) is 19.1 Å². The highest BCUT2D eigenvalue weighted by Gasteiger charge is 2.31. The van der Waals surface area contributed by atoms with E-state index in [9.17, 15) is 13.2 Å². The van der Waals surface area contributed by atoms with Crippen molar-refractivity contribution < 1.29 is 13.2 Å². The van der Waals surface area contributed by atoms with Gasteiger partial charge in [-0.05, 0) is 13.0 Å². The quantitative estimate of drug-likeness (QED) is 0.467. The first-order chi connectivity index (χ1) is 5.27. The van der Waals surface area contributed by atoms with Crippen molar-refractivity contribution >= 4 is 8.07 Å². The standard InChI is InChI=1S/C8H13F3Si/c1-4-6-12(2,3)7-5-8(9,10)11/h5,7H2,1-3H3. The van der Waals surface area contributed by atoms with Crippen molar-refractivity contribution in [2.45, 2.75) is 38.7 Å². The summed E-state index contributed by atoms with van der Waals surface area (Å²) < 4.78 is 35.4. The van der Waals surface area contributed by atoms with E-state index in [1.807, 2.05) is 13.1 Å². The molecule has 4 heteroatoms. The van der Waals surface area contributed by atoms with Crippen LogP contribution in [0.3, 0.4) is 0 Å². The molecule has 0 aliphatic carbocycles. The van der Waals surface area contributed by atoms with Crippen LogP contribution in [0.1, 0.15) is 13.3 Å². The molecule has 0 aromatic heterocycles. The maximum Gasteiger partial charge on any atom is 0.388 e. The number of rotatable bonds is 2. The minimum atomic E-state index is -4.03. The number of alkyl halides is 3. The Bertz CT molecular complexity index is 195. The van der Waals surface area contributed by atoms with Gasteiger partial charge in [-0.15, -0.1) is 11.5 Å². The highest BCUT2D eigenvalue weighted by Crippen LogP contribution is 2.25. The van der Waals surface area contributed by atoms with E-state index < -0.39 is 20.7 Å². The zero-order valence-corrected chi connectivity index (χ0v) is 8.55. The van der Waals surface area contributed by atoms with Crippen LogP contribution in [0.5, 0.6) is 0 Å². The van der Waals surface area contributed by atoms with Crippen LogP contribution in [0, 0.1) is 11.5 Å². The van der Waals surface area contributed by atoms with Crippen LogP contribution < -0.4 is 0 Å². The molecule has 0 saturated heterocycles. The second-order valence-electron chi connectivity index (χ2n) is 3.37. The second kappa shape index (κ2) is 3.99. The van der Waals surface area contributed by atoms with Gasteiger partial charge in [0.25, 0.3) is 0 Å². The van der Waals surface area contributed by atoms with Crippen LogP contribution in [0.4, 0.5) is 13.2 Å². The van der Waals surface area contributed by atoms with Gasteiger partial charge in [-0.2, -0.15) is 13.2 Å². The van der Waals surface area contributed by atoms with E-state index in [2.05, 4.69) is 11.5 Å². The van der Waals surface area contributed by atoms with E-state index in [-0.39, 0.29) is 6.04 Å². The van der Waals surface area contributed by atoms with Crippen LogP contribution in [-0.4, -0.2) is 14.3 Å². The van der Waals surface area contributed by atoms with Crippen LogP contribution in [0.15, 0.2) is 0 Å². The minimum absolute atomic E-state index is 0.206. The third-order valence-corrected chi connectivity index (χ3v) is 3.92. The number of hydrogen-bond donors (Lipinski definition) is 0. The van der Waals surface area contributed by atoms with Gasteiger partial charge in [-0.25, -0.2) is 0 Å². The van der Waals surface area contributed by atoms with Gasteiger partial charge >= 0.3 is 6.18 Å². The highest BCUT2D eigenvalue weighted by atomic mass is 28.3. The van der Waals surface area contributed by atoms with Crippen molar-refractivity contribution in [3.8, 4) is 11.5 Å². The molecule has 0 heterocycles. The fraction of sp³-hybridized carbons (Fsp3) is 0.750. The summed E-state index contributed by atoms with van der Waals surface area (Å²) in [5.74, 6) is 2.69. The first-order valence-corrected chi connectivity index (χ1v) is 6.98. The van der Waals surface area contributed by atoms with E-state index in [0.717, 1.165) is 0 Å². The van der Waals surface area contributed by atoms with Gasteiger partial charge in [0.15, 0.2) is 0 Å². The van der Waals surface area contributed by atoms with Crippen molar-refractivity contribution in [3.63, 3.8) is 0 Å². The molecular formula is C8H13F3Si. The molecule has 0 rings (SSSR count). The summed E-state index contributed by atoms with van der Waals surface area (Å²) >= 11 is 0. The summed E-state index contributed by atoms with van der Waals surface area (Å²) in [5.41, 5.74) is 2.88. The maximum absolute atomic E-state index is 11.8. The molecule has 0 spiro atoms.